The van der Waals surface area contributed by atoms with E-state index in [1.54, 1.807) is 0 Å². The van der Waals surface area contributed by atoms with Crippen molar-refractivity contribution in [2.75, 3.05) is 11.1 Å². The van der Waals surface area contributed by atoms with Crippen LogP contribution in [0.25, 0.3) is 0 Å². The molecule has 0 atom stereocenters. The van der Waals surface area contributed by atoms with Gasteiger partial charge in [-0.2, -0.15) is 0 Å². The SMILES string of the molecule is CC(C)Cn1c(CCC(N)=O)nnc1SCC(=O)Nc1ccc2c(c1)CCC2. The first-order valence-electron chi connectivity index (χ1n) is 9.67. The summed E-state index contributed by atoms with van der Waals surface area (Å²) in [5.74, 6) is 0.947. The molecule has 1 aromatic heterocycles. The average molecular weight is 402 g/mol. The van der Waals surface area contributed by atoms with Crippen molar-refractivity contribution in [3.63, 3.8) is 0 Å². The van der Waals surface area contributed by atoms with Gasteiger partial charge in [0, 0.05) is 25.1 Å². The molecule has 0 unspecified atom stereocenters. The topological polar surface area (TPSA) is 103 Å². The molecule has 0 spiro atoms. The molecular formula is C20H27N5O2S. The predicted octanol–water partition coefficient (Wildman–Crippen LogP) is 2.57. The van der Waals surface area contributed by atoms with Crippen molar-refractivity contribution in [2.45, 2.75) is 57.7 Å². The van der Waals surface area contributed by atoms with Crippen LogP contribution in [-0.4, -0.2) is 32.3 Å². The Morgan fingerprint density at radius 1 is 1.25 bits per heavy atom. The summed E-state index contributed by atoms with van der Waals surface area (Å²) in [6.45, 7) is 4.94. The monoisotopic (exact) mass is 401 g/mol. The van der Waals surface area contributed by atoms with Crippen LogP contribution in [0.2, 0.25) is 0 Å². The zero-order valence-corrected chi connectivity index (χ0v) is 17.2. The van der Waals surface area contributed by atoms with Crippen LogP contribution in [0.4, 0.5) is 5.69 Å². The quantitative estimate of drug-likeness (QED) is 0.629. The summed E-state index contributed by atoms with van der Waals surface area (Å²) in [5.41, 5.74) is 8.82. The van der Waals surface area contributed by atoms with E-state index in [0.717, 1.165) is 30.9 Å². The summed E-state index contributed by atoms with van der Waals surface area (Å²) in [5, 5.41) is 12.1. The smallest absolute Gasteiger partial charge is 0.234 e. The minimum absolute atomic E-state index is 0.0688. The second-order valence-electron chi connectivity index (χ2n) is 7.54. The van der Waals surface area contributed by atoms with Crippen molar-refractivity contribution in [3.8, 4) is 0 Å². The molecule has 150 valence electrons. The molecule has 8 heteroatoms. The van der Waals surface area contributed by atoms with Gasteiger partial charge in [0.15, 0.2) is 5.16 Å². The summed E-state index contributed by atoms with van der Waals surface area (Å²) in [6.07, 6.45) is 4.09. The van der Waals surface area contributed by atoms with Crippen LogP contribution in [-0.2, 0) is 35.4 Å². The third-order valence-corrected chi connectivity index (χ3v) is 5.62. The molecule has 2 aromatic rings. The van der Waals surface area contributed by atoms with Gasteiger partial charge in [0.2, 0.25) is 11.8 Å². The Bertz CT molecular complexity index is 862. The molecule has 3 N–H and O–H groups in total. The molecule has 0 bridgehead atoms. The van der Waals surface area contributed by atoms with Gasteiger partial charge in [-0.25, -0.2) is 0 Å². The van der Waals surface area contributed by atoms with Crippen molar-refractivity contribution in [1.82, 2.24) is 14.8 Å². The van der Waals surface area contributed by atoms with E-state index < -0.39 is 0 Å². The second-order valence-corrected chi connectivity index (χ2v) is 8.49. The first-order valence-corrected chi connectivity index (χ1v) is 10.7. The molecule has 1 aliphatic rings. The molecule has 0 radical (unpaired) electrons. The van der Waals surface area contributed by atoms with E-state index in [1.807, 2.05) is 10.6 Å². The number of rotatable bonds is 9. The Balaban J connectivity index is 1.61. The van der Waals surface area contributed by atoms with Gasteiger partial charge in [-0.1, -0.05) is 31.7 Å². The largest absolute Gasteiger partial charge is 0.370 e. The molecule has 0 fully saturated rings. The highest BCUT2D eigenvalue weighted by atomic mass is 32.2. The molecule has 3 rings (SSSR count). The fourth-order valence-electron chi connectivity index (χ4n) is 3.37. The fraction of sp³-hybridized carbons (Fsp3) is 0.500. The number of aryl methyl sites for hydroxylation is 3. The Kier molecular flexibility index (Phi) is 6.72. The first kappa shape index (κ1) is 20.4. The maximum absolute atomic E-state index is 12.4. The number of fused-ring (bicyclic) bond motifs is 1. The summed E-state index contributed by atoms with van der Waals surface area (Å²) in [6, 6.07) is 6.15. The Morgan fingerprint density at radius 2 is 2.04 bits per heavy atom. The molecule has 7 nitrogen and oxygen atoms in total. The van der Waals surface area contributed by atoms with Gasteiger partial charge in [-0.3, -0.25) is 9.59 Å². The molecule has 1 aromatic carbocycles. The number of carbonyl (C=O) groups excluding carboxylic acids is 2. The Labute approximate surface area is 169 Å². The highest BCUT2D eigenvalue weighted by molar-refractivity contribution is 7.99. The number of thioether (sulfide) groups is 1. The third-order valence-electron chi connectivity index (χ3n) is 4.65. The van der Waals surface area contributed by atoms with E-state index in [9.17, 15) is 9.59 Å². The molecule has 0 saturated carbocycles. The van der Waals surface area contributed by atoms with Crippen LogP contribution >= 0.6 is 11.8 Å². The maximum Gasteiger partial charge on any atom is 0.234 e. The van der Waals surface area contributed by atoms with E-state index in [0.29, 0.717) is 17.5 Å². The maximum atomic E-state index is 12.4. The van der Waals surface area contributed by atoms with E-state index in [-0.39, 0.29) is 24.0 Å². The minimum atomic E-state index is -0.359. The average Bonchev–Trinajstić information content (AvgIpc) is 3.24. The number of hydrogen-bond acceptors (Lipinski definition) is 5. The summed E-state index contributed by atoms with van der Waals surface area (Å²) in [4.78, 5) is 23.5. The van der Waals surface area contributed by atoms with Gasteiger partial charge in [0.05, 0.1) is 5.75 Å². The normalized spacial score (nSPS) is 13.0. The van der Waals surface area contributed by atoms with E-state index in [2.05, 4.69) is 41.5 Å². The molecule has 28 heavy (non-hydrogen) atoms. The Hall–Kier alpha value is -2.35. The molecule has 2 amide bonds. The van der Waals surface area contributed by atoms with Crippen LogP contribution in [0.3, 0.4) is 0 Å². The summed E-state index contributed by atoms with van der Waals surface area (Å²) in [7, 11) is 0. The van der Waals surface area contributed by atoms with Gasteiger partial charge in [0.25, 0.3) is 0 Å². The third kappa shape index (κ3) is 5.34. The highest BCUT2D eigenvalue weighted by Gasteiger charge is 2.16. The Morgan fingerprint density at radius 3 is 2.79 bits per heavy atom. The zero-order valence-electron chi connectivity index (χ0n) is 16.4. The van der Waals surface area contributed by atoms with Crippen molar-refractivity contribution in [3.05, 3.63) is 35.2 Å². The minimum Gasteiger partial charge on any atom is -0.370 e. The second kappa shape index (κ2) is 9.23. The lowest BCUT2D eigenvalue weighted by molar-refractivity contribution is -0.118. The molecule has 1 heterocycles. The number of carbonyl (C=O) groups is 2. The lowest BCUT2D eigenvalue weighted by atomic mass is 10.1. The molecule has 1 aliphatic carbocycles. The van der Waals surface area contributed by atoms with E-state index in [1.165, 1.54) is 29.3 Å². The number of nitrogens with one attached hydrogen (secondary N) is 1. The van der Waals surface area contributed by atoms with Gasteiger partial charge >= 0.3 is 0 Å². The highest BCUT2D eigenvalue weighted by Crippen LogP contribution is 2.25. The summed E-state index contributed by atoms with van der Waals surface area (Å²) >= 11 is 1.36. The van der Waals surface area contributed by atoms with E-state index >= 15 is 0 Å². The van der Waals surface area contributed by atoms with Gasteiger partial charge in [0.1, 0.15) is 5.82 Å². The summed E-state index contributed by atoms with van der Waals surface area (Å²) < 4.78 is 1.99. The van der Waals surface area contributed by atoms with Crippen molar-refractivity contribution >= 4 is 29.3 Å². The first-order chi connectivity index (χ1) is 13.4. The number of benzene rings is 1. The van der Waals surface area contributed by atoms with E-state index in [4.69, 9.17) is 5.73 Å². The van der Waals surface area contributed by atoms with Crippen molar-refractivity contribution in [2.24, 2.45) is 11.7 Å². The number of amides is 2. The number of anilines is 1. The van der Waals surface area contributed by atoms with Gasteiger partial charge in [-0.05, 0) is 48.4 Å². The van der Waals surface area contributed by atoms with Crippen molar-refractivity contribution < 1.29 is 9.59 Å². The molecule has 0 aliphatic heterocycles. The standard InChI is InChI=1S/C20H27N5O2S/c1-13(2)11-25-18(9-8-17(21)26)23-24-20(25)28-12-19(27)22-16-7-6-14-4-3-5-15(14)10-16/h6-7,10,13H,3-5,8-9,11-12H2,1-2H3,(H2,21,26)(H,22,27). The van der Waals surface area contributed by atoms with Crippen LogP contribution in [0.15, 0.2) is 23.4 Å². The number of nitrogens with two attached hydrogens (primary N) is 1. The molecule has 0 saturated heterocycles. The van der Waals surface area contributed by atoms with Gasteiger partial charge in [-0.15, -0.1) is 10.2 Å². The lowest BCUT2D eigenvalue weighted by Crippen LogP contribution is -2.16. The van der Waals surface area contributed by atoms with Crippen LogP contribution in [0, 0.1) is 5.92 Å². The van der Waals surface area contributed by atoms with Crippen molar-refractivity contribution in [1.29, 1.82) is 0 Å². The van der Waals surface area contributed by atoms with Crippen LogP contribution in [0.5, 0.6) is 0 Å². The number of hydrogen-bond donors (Lipinski definition) is 2. The number of aromatic nitrogens is 3. The van der Waals surface area contributed by atoms with Crippen LogP contribution < -0.4 is 11.1 Å². The number of primary amides is 1. The predicted molar refractivity (Wildman–Crippen MR) is 110 cm³/mol. The number of nitrogens with zero attached hydrogens (tertiary/aromatic N) is 3. The lowest BCUT2D eigenvalue weighted by Gasteiger charge is -2.12. The molecular weight excluding hydrogens is 374 g/mol. The van der Waals surface area contributed by atoms with Crippen LogP contribution in [0.1, 0.15) is 43.6 Å². The zero-order chi connectivity index (χ0) is 20.1. The fourth-order valence-corrected chi connectivity index (χ4v) is 4.14. The van der Waals surface area contributed by atoms with Gasteiger partial charge < -0.3 is 15.6 Å².